The number of rotatable bonds is 4. The molecule has 0 radical (unpaired) electrons. The van der Waals surface area contributed by atoms with Crippen LogP contribution >= 0.6 is 0 Å². The Kier molecular flexibility index (Phi) is 4.70. The van der Waals surface area contributed by atoms with E-state index in [-0.39, 0.29) is 11.4 Å². The van der Waals surface area contributed by atoms with Gasteiger partial charge in [-0.2, -0.15) is 0 Å². The SMILES string of the molecule is Cc1ccc(N2CCNCC2C)cc1C(=O)NC1(c2ccnc3ccccc23)CC1. The maximum Gasteiger partial charge on any atom is 0.252 e. The number of benzene rings is 2. The molecule has 0 spiro atoms. The standard InChI is InChI=1S/C25H28N4O/c1-17-7-8-19(29-14-13-26-16-18(29)2)15-21(17)24(30)28-25(10-11-25)22-9-12-27-23-6-4-3-5-20(22)23/h3-9,12,15,18,26H,10-11,13-14,16H2,1-2H3,(H,28,30). The minimum absolute atomic E-state index is 0.00975. The van der Waals surface area contributed by atoms with Gasteiger partial charge in [0.25, 0.3) is 5.91 Å². The smallest absolute Gasteiger partial charge is 0.252 e. The fourth-order valence-electron chi connectivity index (χ4n) is 4.64. The van der Waals surface area contributed by atoms with Crippen molar-refractivity contribution in [3.05, 3.63) is 71.4 Å². The lowest BCUT2D eigenvalue weighted by Gasteiger charge is -2.36. The van der Waals surface area contributed by atoms with Crippen molar-refractivity contribution in [1.29, 1.82) is 0 Å². The summed E-state index contributed by atoms with van der Waals surface area (Å²) < 4.78 is 0. The lowest BCUT2D eigenvalue weighted by molar-refractivity contribution is 0.0930. The molecule has 2 N–H and O–H groups in total. The molecule has 2 fully saturated rings. The zero-order valence-corrected chi connectivity index (χ0v) is 17.6. The maximum absolute atomic E-state index is 13.4. The maximum atomic E-state index is 13.4. The van der Waals surface area contributed by atoms with Gasteiger partial charge in [-0.3, -0.25) is 9.78 Å². The Bertz CT molecular complexity index is 1100. The van der Waals surface area contributed by atoms with Crippen LogP contribution < -0.4 is 15.5 Å². The van der Waals surface area contributed by atoms with Crippen LogP contribution in [0.25, 0.3) is 10.9 Å². The van der Waals surface area contributed by atoms with Crippen molar-refractivity contribution in [3.63, 3.8) is 0 Å². The topological polar surface area (TPSA) is 57.3 Å². The molecule has 154 valence electrons. The van der Waals surface area contributed by atoms with E-state index in [2.05, 4.69) is 57.8 Å². The van der Waals surface area contributed by atoms with Crippen LogP contribution in [0.5, 0.6) is 0 Å². The first kappa shape index (κ1) is 19.1. The molecule has 1 aliphatic carbocycles. The van der Waals surface area contributed by atoms with Gasteiger partial charge < -0.3 is 15.5 Å². The number of fused-ring (bicyclic) bond motifs is 1. The van der Waals surface area contributed by atoms with Gasteiger partial charge in [0.15, 0.2) is 0 Å². The summed E-state index contributed by atoms with van der Waals surface area (Å²) in [6.07, 6.45) is 3.77. The normalized spacial score (nSPS) is 20.2. The second-order valence-corrected chi connectivity index (χ2v) is 8.66. The first-order valence-corrected chi connectivity index (χ1v) is 10.8. The highest BCUT2D eigenvalue weighted by molar-refractivity contribution is 5.98. The second-order valence-electron chi connectivity index (χ2n) is 8.66. The Hall–Kier alpha value is -2.92. The molecule has 2 aromatic carbocycles. The summed E-state index contributed by atoms with van der Waals surface area (Å²) in [6.45, 7) is 7.13. The Morgan fingerprint density at radius 3 is 2.83 bits per heavy atom. The molecule has 5 nitrogen and oxygen atoms in total. The molecule has 2 heterocycles. The average molecular weight is 401 g/mol. The largest absolute Gasteiger partial charge is 0.366 e. The van der Waals surface area contributed by atoms with Crippen LogP contribution in [0, 0.1) is 6.92 Å². The van der Waals surface area contributed by atoms with Gasteiger partial charge in [-0.15, -0.1) is 0 Å². The van der Waals surface area contributed by atoms with E-state index in [4.69, 9.17) is 0 Å². The van der Waals surface area contributed by atoms with E-state index >= 15 is 0 Å². The van der Waals surface area contributed by atoms with Crippen LogP contribution in [-0.4, -0.2) is 36.6 Å². The third kappa shape index (κ3) is 3.33. The zero-order chi connectivity index (χ0) is 20.7. The number of carbonyl (C=O) groups excluding carboxylic acids is 1. The molecule has 5 rings (SSSR count). The van der Waals surface area contributed by atoms with E-state index in [0.29, 0.717) is 6.04 Å². The summed E-state index contributed by atoms with van der Waals surface area (Å²) >= 11 is 0. The Labute approximate surface area is 177 Å². The van der Waals surface area contributed by atoms with Crippen molar-refractivity contribution in [2.24, 2.45) is 0 Å². The van der Waals surface area contributed by atoms with Gasteiger partial charge in [-0.25, -0.2) is 0 Å². The summed E-state index contributed by atoms with van der Waals surface area (Å²) in [5.74, 6) is 0.00975. The van der Waals surface area contributed by atoms with Crippen molar-refractivity contribution < 1.29 is 4.79 Å². The quantitative estimate of drug-likeness (QED) is 0.700. The lowest BCUT2D eigenvalue weighted by atomic mass is 9.98. The number of aromatic nitrogens is 1. The molecular weight excluding hydrogens is 372 g/mol. The molecule has 30 heavy (non-hydrogen) atoms. The van der Waals surface area contributed by atoms with E-state index < -0.39 is 0 Å². The van der Waals surface area contributed by atoms with Gasteiger partial charge in [-0.05, 0) is 62.1 Å². The number of amides is 1. The summed E-state index contributed by atoms with van der Waals surface area (Å²) in [7, 11) is 0. The predicted molar refractivity (Wildman–Crippen MR) is 121 cm³/mol. The van der Waals surface area contributed by atoms with Gasteiger partial charge in [-0.1, -0.05) is 24.3 Å². The zero-order valence-electron chi connectivity index (χ0n) is 17.6. The van der Waals surface area contributed by atoms with Crippen LogP contribution in [-0.2, 0) is 5.54 Å². The lowest BCUT2D eigenvalue weighted by Crippen LogP contribution is -2.50. The number of hydrogen-bond acceptors (Lipinski definition) is 4. The van der Waals surface area contributed by atoms with E-state index in [1.807, 2.05) is 31.3 Å². The fourth-order valence-corrected chi connectivity index (χ4v) is 4.64. The van der Waals surface area contributed by atoms with Crippen molar-refractivity contribution in [2.45, 2.75) is 38.3 Å². The molecule has 1 aliphatic heterocycles. The van der Waals surface area contributed by atoms with Crippen molar-refractivity contribution in [3.8, 4) is 0 Å². The number of aryl methyl sites for hydroxylation is 1. The molecule has 1 saturated heterocycles. The Morgan fingerprint density at radius 1 is 1.20 bits per heavy atom. The molecule has 1 saturated carbocycles. The van der Waals surface area contributed by atoms with Gasteiger partial charge in [0.1, 0.15) is 0 Å². The minimum Gasteiger partial charge on any atom is -0.366 e. The number of nitrogens with one attached hydrogen (secondary N) is 2. The van der Waals surface area contributed by atoms with Crippen molar-refractivity contribution in [1.82, 2.24) is 15.6 Å². The van der Waals surface area contributed by atoms with E-state index in [1.165, 1.54) is 5.56 Å². The van der Waals surface area contributed by atoms with Gasteiger partial charge in [0.05, 0.1) is 11.1 Å². The summed E-state index contributed by atoms with van der Waals surface area (Å²) in [5, 5.41) is 7.93. The van der Waals surface area contributed by atoms with Gasteiger partial charge >= 0.3 is 0 Å². The molecule has 2 aliphatic rings. The third-order valence-corrected chi connectivity index (χ3v) is 6.57. The van der Waals surface area contributed by atoms with E-state index in [9.17, 15) is 4.79 Å². The molecule has 0 bridgehead atoms. The van der Waals surface area contributed by atoms with Crippen LogP contribution in [0.15, 0.2) is 54.7 Å². The molecule has 1 aromatic heterocycles. The second kappa shape index (κ2) is 7.40. The Morgan fingerprint density at radius 2 is 2.03 bits per heavy atom. The van der Waals surface area contributed by atoms with Crippen LogP contribution in [0.1, 0.15) is 41.3 Å². The van der Waals surface area contributed by atoms with Crippen molar-refractivity contribution in [2.75, 3.05) is 24.5 Å². The molecule has 3 aromatic rings. The van der Waals surface area contributed by atoms with E-state index in [0.717, 1.165) is 60.2 Å². The van der Waals surface area contributed by atoms with Crippen molar-refractivity contribution >= 4 is 22.5 Å². The molecule has 5 heteroatoms. The summed E-state index contributed by atoms with van der Waals surface area (Å²) in [5.41, 5.74) is 4.76. The highest BCUT2D eigenvalue weighted by atomic mass is 16.1. The molecular formula is C25H28N4O. The number of nitrogens with zero attached hydrogens (tertiary/aromatic N) is 2. The summed E-state index contributed by atoms with van der Waals surface area (Å²) in [6, 6.07) is 16.9. The Balaban J connectivity index is 1.45. The number of piperazine rings is 1. The molecule has 1 unspecified atom stereocenters. The fraction of sp³-hybridized carbons (Fsp3) is 0.360. The van der Waals surface area contributed by atoms with Crippen LogP contribution in [0.3, 0.4) is 0 Å². The number of pyridine rings is 1. The van der Waals surface area contributed by atoms with Crippen LogP contribution in [0.2, 0.25) is 0 Å². The number of carbonyl (C=O) groups is 1. The van der Waals surface area contributed by atoms with Crippen LogP contribution in [0.4, 0.5) is 5.69 Å². The number of anilines is 1. The van der Waals surface area contributed by atoms with Gasteiger partial charge in [0.2, 0.25) is 0 Å². The number of para-hydroxylation sites is 1. The van der Waals surface area contributed by atoms with Gasteiger partial charge in [0, 0.05) is 48.5 Å². The minimum atomic E-state index is -0.287. The first-order chi connectivity index (χ1) is 14.6. The predicted octanol–water partition coefficient (Wildman–Crippen LogP) is 3.76. The first-order valence-electron chi connectivity index (χ1n) is 10.8. The monoisotopic (exact) mass is 400 g/mol. The summed E-state index contributed by atoms with van der Waals surface area (Å²) in [4.78, 5) is 20.3. The third-order valence-electron chi connectivity index (χ3n) is 6.57. The highest BCUT2D eigenvalue weighted by Crippen LogP contribution is 2.47. The molecule has 1 atom stereocenters. The highest BCUT2D eigenvalue weighted by Gasteiger charge is 2.47. The molecule has 1 amide bonds. The van der Waals surface area contributed by atoms with E-state index in [1.54, 1.807) is 0 Å². The average Bonchev–Trinajstić information content (AvgIpc) is 3.54. The number of hydrogen-bond donors (Lipinski definition) is 2.